The molecule has 1 unspecified atom stereocenters. The van der Waals surface area contributed by atoms with Crippen molar-refractivity contribution in [3.8, 4) is 11.1 Å². The molecule has 2 aromatic carbocycles. The molecule has 186 valence electrons. The fraction of sp³-hybridized carbons (Fsp3) is 0.464. The van der Waals surface area contributed by atoms with Gasteiger partial charge in [-0.15, -0.1) is 0 Å². The maximum atomic E-state index is 12.8. The highest BCUT2D eigenvalue weighted by molar-refractivity contribution is 5.79. The summed E-state index contributed by atoms with van der Waals surface area (Å²) in [6.45, 7) is 0.682. The molecule has 0 heterocycles. The van der Waals surface area contributed by atoms with Crippen LogP contribution in [0.2, 0.25) is 0 Å². The Balaban J connectivity index is 1.31. The van der Waals surface area contributed by atoms with Crippen LogP contribution in [-0.2, 0) is 14.3 Å². The van der Waals surface area contributed by atoms with Crippen LogP contribution in [0.5, 0.6) is 0 Å². The quantitative estimate of drug-likeness (QED) is 0.401. The van der Waals surface area contributed by atoms with Gasteiger partial charge in [0.2, 0.25) is 5.91 Å². The minimum absolute atomic E-state index is 0.00724. The average molecular weight is 479 g/mol. The van der Waals surface area contributed by atoms with Crippen molar-refractivity contribution in [3.05, 3.63) is 59.7 Å². The van der Waals surface area contributed by atoms with E-state index in [1.54, 1.807) is 0 Å². The molecule has 7 nitrogen and oxygen atoms in total. The Kier molecular flexibility index (Phi) is 8.40. The zero-order valence-electron chi connectivity index (χ0n) is 20.0. The number of carboxylic acids is 1. The van der Waals surface area contributed by atoms with Gasteiger partial charge in [0.15, 0.2) is 0 Å². The van der Waals surface area contributed by atoms with E-state index in [4.69, 9.17) is 9.84 Å². The molecule has 2 amide bonds. The maximum absolute atomic E-state index is 12.8. The van der Waals surface area contributed by atoms with E-state index in [1.165, 1.54) is 11.1 Å². The van der Waals surface area contributed by atoms with Crippen molar-refractivity contribution in [2.75, 3.05) is 13.2 Å². The third-order valence-corrected chi connectivity index (χ3v) is 7.16. The lowest BCUT2D eigenvalue weighted by Gasteiger charge is -2.24. The smallest absolute Gasteiger partial charge is 0.407 e. The normalized spacial score (nSPS) is 15.8. The molecule has 1 atom stereocenters. The summed E-state index contributed by atoms with van der Waals surface area (Å²) in [5.41, 5.74) is 4.69. The van der Waals surface area contributed by atoms with Gasteiger partial charge in [-0.1, -0.05) is 61.4 Å². The van der Waals surface area contributed by atoms with Crippen molar-refractivity contribution < 1.29 is 24.2 Å². The Morgan fingerprint density at radius 3 is 2.20 bits per heavy atom. The van der Waals surface area contributed by atoms with Gasteiger partial charge in [-0.3, -0.25) is 9.59 Å². The van der Waals surface area contributed by atoms with Gasteiger partial charge in [0.05, 0.1) is 0 Å². The summed E-state index contributed by atoms with van der Waals surface area (Å²) in [4.78, 5) is 35.9. The molecular weight excluding hydrogens is 444 g/mol. The average Bonchev–Trinajstić information content (AvgIpc) is 3.49. The van der Waals surface area contributed by atoms with Gasteiger partial charge in [-0.25, -0.2) is 4.79 Å². The van der Waals surface area contributed by atoms with Crippen LogP contribution < -0.4 is 10.6 Å². The third kappa shape index (κ3) is 6.41. The molecule has 35 heavy (non-hydrogen) atoms. The number of ether oxygens (including phenoxy) is 1. The first kappa shape index (κ1) is 24.8. The molecule has 3 N–H and O–H groups in total. The Morgan fingerprint density at radius 1 is 0.943 bits per heavy atom. The van der Waals surface area contributed by atoms with Crippen LogP contribution in [0.1, 0.15) is 68.4 Å². The monoisotopic (exact) mass is 478 g/mol. The maximum Gasteiger partial charge on any atom is 0.407 e. The van der Waals surface area contributed by atoms with Crippen molar-refractivity contribution >= 4 is 18.0 Å². The van der Waals surface area contributed by atoms with Gasteiger partial charge in [0.1, 0.15) is 6.61 Å². The highest BCUT2D eigenvalue weighted by atomic mass is 16.5. The molecular formula is C28H34N2O5. The number of amides is 2. The van der Waals surface area contributed by atoms with Crippen molar-refractivity contribution in [2.45, 2.75) is 63.3 Å². The second kappa shape index (κ2) is 11.9. The van der Waals surface area contributed by atoms with E-state index in [-0.39, 0.29) is 43.2 Å². The van der Waals surface area contributed by atoms with Crippen molar-refractivity contribution in [1.29, 1.82) is 0 Å². The number of carboxylic acid groups (broad SMARTS) is 1. The standard InChI is InChI=1S/C28H34N2O5/c31-26(29-16-8-7-15-27(32)33)17-25(19-9-1-2-10-19)30-28(34)35-18-24-22-13-5-3-11-20(22)21-12-4-6-14-23(21)24/h3-6,11-14,19,24-25H,1-2,7-10,15-18H2,(H,29,31)(H,30,34)(H,32,33). The third-order valence-electron chi connectivity index (χ3n) is 7.16. The Hall–Kier alpha value is -3.35. The number of aliphatic carboxylic acids is 1. The predicted molar refractivity (Wildman–Crippen MR) is 133 cm³/mol. The number of nitrogens with one attached hydrogen (secondary N) is 2. The summed E-state index contributed by atoms with van der Waals surface area (Å²) in [5.74, 6) is -0.707. The minimum Gasteiger partial charge on any atom is -0.481 e. The molecule has 0 aromatic heterocycles. The second-order valence-corrected chi connectivity index (χ2v) is 9.53. The van der Waals surface area contributed by atoms with E-state index in [0.29, 0.717) is 19.4 Å². The minimum atomic E-state index is -0.829. The first-order valence-electron chi connectivity index (χ1n) is 12.6. The summed E-state index contributed by atoms with van der Waals surface area (Å²) >= 11 is 0. The first-order valence-corrected chi connectivity index (χ1v) is 12.6. The van der Waals surface area contributed by atoms with E-state index in [1.807, 2.05) is 24.3 Å². The Labute approximate surface area is 206 Å². The number of hydrogen-bond acceptors (Lipinski definition) is 4. The topological polar surface area (TPSA) is 105 Å². The zero-order chi connectivity index (χ0) is 24.6. The summed E-state index contributed by atoms with van der Waals surface area (Å²) in [5, 5.41) is 14.6. The number of carbonyl (C=O) groups is 3. The molecule has 0 spiro atoms. The first-order chi connectivity index (χ1) is 17.0. The SMILES string of the molecule is O=C(O)CCCCNC(=O)CC(NC(=O)OCC1c2ccccc2-c2ccccc21)C1CCCC1. The van der Waals surface area contributed by atoms with Gasteiger partial charge in [0.25, 0.3) is 0 Å². The molecule has 1 fully saturated rings. The van der Waals surface area contributed by atoms with Crippen LogP contribution >= 0.6 is 0 Å². The van der Waals surface area contributed by atoms with Crippen molar-refractivity contribution in [2.24, 2.45) is 5.92 Å². The zero-order valence-corrected chi connectivity index (χ0v) is 20.0. The fourth-order valence-corrected chi connectivity index (χ4v) is 5.39. The predicted octanol–water partition coefficient (Wildman–Crippen LogP) is 4.85. The van der Waals surface area contributed by atoms with E-state index in [2.05, 4.69) is 34.9 Å². The van der Waals surface area contributed by atoms with Gasteiger partial charge in [-0.2, -0.15) is 0 Å². The lowest BCUT2D eigenvalue weighted by molar-refractivity contribution is -0.137. The van der Waals surface area contributed by atoms with Crippen LogP contribution in [0, 0.1) is 5.92 Å². The van der Waals surface area contributed by atoms with Crippen LogP contribution in [-0.4, -0.2) is 42.3 Å². The number of fused-ring (bicyclic) bond motifs is 3. The molecule has 0 radical (unpaired) electrons. The summed E-state index contributed by atoms with van der Waals surface area (Å²) < 4.78 is 5.71. The molecule has 4 rings (SSSR count). The van der Waals surface area contributed by atoms with Gasteiger partial charge < -0.3 is 20.5 Å². The van der Waals surface area contributed by atoms with Crippen LogP contribution in [0.4, 0.5) is 4.79 Å². The van der Waals surface area contributed by atoms with Gasteiger partial charge in [0, 0.05) is 31.3 Å². The highest BCUT2D eigenvalue weighted by Gasteiger charge is 2.31. The Morgan fingerprint density at radius 2 is 1.57 bits per heavy atom. The number of rotatable bonds is 11. The molecule has 0 saturated heterocycles. The fourth-order valence-electron chi connectivity index (χ4n) is 5.39. The lowest BCUT2D eigenvalue weighted by atomic mass is 9.95. The van der Waals surface area contributed by atoms with Crippen LogP contribution in [0.3, 0.4) is 0 Å². The molecule has 0 bridgehead atoms. The van der Waals surface area contributed by atoms with E-state index < -0.39 is 12.1 Å². The summed E-state index contributed by atoms with van der Waals surface area (Å²) in [6.07, 6.45) is 5.14. The highest BCUT2D eigenvalue weighted by Crippen LogP contribution is 2.44. The molecule has 2 aliphatic carbocycles. The number of carbonyl (C=O) groups excluding carboxylic acids is 2. The molecule has 0 aliphatic heterocycles. The van der Waals surface area contributed by atoms with Crippen LogP contribution in [0.15, 0.2) is 48.5 Å². The second-order valence-electron chi connectivity index (χ2n) is 9.53. The summed E-state index contributed by atoms with van der Waals surface area (Å²) in [7, 11) is 0. The number of hydrogen-bond donors (Lipinski definition) is 3. The molecule has 1 saturated carbocycles. The van der Waals surface area contributed by atoms with Gasteiger partial charge in [-0.05, 0) is 53.9 Å². The van der Waals surface area contributed by atoms with Crippen molar-refractivity contribution in [1.82, 2.24) is 10.6 Å². The number of unbranched alkanes of at least 4 members (excludes halogenated alkanes) is 1. The molecule has 2 aliphatic rings. The van der Waals surface area contributed by atoms with Crippen molar-refractivity contribution in [3.63, 3.8) is 0 Å². The van der Waals surface area contributed by atoms with E-state index in [0.717, 1.165) is 36.8 Å². The lowest BCUT2D eigenvalue weighted by Crippen LogP contribution is -2.43. The molecule has 7 heteroatoms. The summed E-state index contributed by atoms with van der Waals surface area (Å²) in [6, 6.07) is 16.2. The van der Waals surface area contributed by atoms with E-state index in [9.17, 15) is 14.4 Å². The van der Waals surface area contributed by atoms with Gasteiger partial charge >= 0.3 is 12.1 Å². The van der Waals surface area contributed by atoms with E-state index >= 15 is 0 Å². The number of alkyl carbamates (subject to hydrolysis) is 1. The van der Waals surface area contributed by atoms with Crippen LogP contribution in [0.25, 0.3) is 11.1 Å². The Bertz CT molecular complexity index is 1000. The largest absolute Gasteiger partial charge is 0.481 e. The molecule has 2 aromatic rings. The number of benzene rings is 2.